The lowest BCUT2D eigenvalue weighted by Crippen LogP contribution is -1.92. The van der Waals surface area contributed by atoms with Crippen LogP contribution in [-0.2, 0) is 0 Å². The van der Waals surface area contributed by atoms with Crippen LogP contribution >= 0.6 is 33.6 Å². The Balaban J connectivity index is 1.80. The van der Waals surface area contributed by atoms with E-state index >= 15 is 0 Å². The number of hydrogen-bond donors (Lipinski definition) is 1. The first kappa shape index (κ1) is 5.72. The van der Waals surface area contributed by atoms with Gasteiger partial charge in [-0.25, -0.2) is 10.0 Å². The summed E-state index contributed by atoms with van der Waals surface area (Å²) in [6, 6.07) is 0. The van der Waals surface area contributed by atoms with Gasteiger partial charge in [-0.1, -0.05) is 11.3 Å². The Morgan fingerprint density at radius 3 is 3.00 bits per heavy atom. The molecule has 0 bridgehead atoms. The second-order valence-corrected chi connectivity index (χ2v) is 8.95. The van der Waals surface area contributed by atoms with Crippen LogP contribution in [0.3, 0.4) is 0 Å². The summed E-state index contributed by atoms with van der Waals surface area (Å²) < 4.78 is 0.847. The summed E-state index contributed by atoms with van der Waals surface area (Å²) >= 11 is 6.68. The van der Waals surface area contributed by atoms with Crippen LogP contribution in [0.2, 0.25) is 0 Å². The lowest BCUT2D eigenvalue weighted by molar-refractivity contribution is 0.913. The van der Waals surface area contributed by atoms with E-state index in [0.29, 0.717) is 0 Å². The highest BCUT2D eigenvalue weighted by Gasteiger charge is 2.95. The molecule has 58 valence electrons. The Hall–Kier alpha value is 0.130. The molecule has 0 saturated carbocycles. The zero-order chi connectivity index (χ0) is 7.22. The lowest BCUT2D eigenvalue weighted by Gasteiger charge is -1.92. The number of fused-ring (bicyclic) bond motifs is 1. The topological polar surface area (TPSA) is 28.7 Å². The molecular formula is C6H6N2S3. The normalized spacial score (nSPS) is 60.5. The van der Waals surface area contributed by atoms with Crippen LogP contribution in [0.5, 0.6) is 0 Å². The molecule has 0 aromatic carbocycles. The van der Waals surface area contributed by atoms with Crippen LogP contribution in [0.15, 0.2) is 0 Å². The number of H-pyrrole nitrogens is 1. The van der Waals surface area contributed by atoms with Crippen molar-refractivity contribution in [3.8, 4) is 0 Å². The number of rotatable bonds is 1. The van der Waals surface area contributed by atoms with Crippen molar-refractivity contribution in [3.05, 3.63) is 8.96 Å². The van der Waals surface area contributed by atoms with E-state index in [0.717, 1.165) is 14.5 Å². The summed E-state index contributed by atoms with van der Waals surface area (Å²) in [5, 5.41) is 11.6. The van der Waals surface area contributed by atoms with Gasteiger partial charge in [-0.15, -0.1) is 0 Å². The number of nitrogens with one attached hydrogen (secondary N) is 1. The number of hydrogen-bond acceptors (Lipinski definition) is 3. The quantitative estimate of drug-likeness (QED) is 0.556. The van der Waals surface area contributed by atoms with Crippen LogP contribution < -0.4 is 0 Å². The predicted molar refractivity (Wildman–Crippen MR) is 50.1 cm³/mol. The first-order chi connectivity index (χ1) is 5.34. The van der Waals surface area contributed by atoms with Gasteiger partial charge in [0.25, 0.3) is 0 Å². The van der Waals surface area contributed by atoms with E-state index in [1.54, 1.807) is 17.1 Å². The van der Waals surface area contributed by atoms with Crippen molar-refractivity contribution in [2.75, 3.05) is 5.75 Å². The molecule has 0 amide bonds. The molecule has 1 aromatic rings. The minimum absolute atomic E-state index is 0.0178. The summed E-state index contributed by atoms with van der Waals surface area (Å²) in [4.78, 5) is 0. The summed E-state index contributed by atoms with van der Waals surface area (Å²) in [5.74, 6) is 1.56. The van der Waals surface area contributed by atoms with Crippen molar-refractivity contribution >= 4 is 33.6 Å². The average Bonchev–Trinajstić information content (AvgIpc) is 2.83. The minimum atomic E-state index is 0.0178. The molecule has 1 N–H and O–H groups in total. The smallest absolute Gasteiger partial charge is 0.176 e. The van der Waals surface area contributed by atoms with Crippen molar-refractivity contribution in [2.45, 2.75) is 15.7 Å². The summed E-state index contributed by atoms with van der Waals surface area (Å²) in [6.45, 7) is 0. The third kappa shape index (κ3) is 0.461. The van der Waals surface area contributed by atoms with Crippen molar-refractivity contribution < 1.29 is 0 Å². The van der Waals surface area contributed by atoms with Gasteiger partial charge in [0.05, 0.1) is 5.25 Å². The molecule has 11 heavy (non-hydrogen) atoms. The zero-order valence-electron chi connectivity index (χ0n) is 5.61. The van der Waals surface area contributed by atoms with E-state index in [4.69, 9.17) is 12.2 Å². The second-order valence-electron chi connectivity index (χ2n) is 3.45. The van der Waals surface area contributed by atoms with Crippen LogP contribution in [0, 0.1) is 3.95 Å². The molecule has 1 aromatic heterocycles. The number of aromatic amines is 1. The Morgan fingerprint density at radius 1 is 1.73 bits per heavy atom. The fourth-order valence-electron chi connectivity index (χ4n) is 2.25. The van der Waals surface area contributed by atoms with Gasteiger partial charge in [0.15, 0.2) is 3.95 Å². The van der Waals surface area contributed by atoms with Crippen LogP contribution in [0.25, 0.3) is 0 Å². The number of nitrogens with zero attached hydrogens (tertiary/aromatic N) is 1. The maximum atomic E-state index is 4.99. The molecule has 3 aliphatic rings. The van der Waals surface area contributed by atoms with Crippen molar-refractivity contribution in [1.29, 1.82) is 0 Å². The van der Waals surface area contributed by atoms with Crippen molar-refractivity contribution in [1.82, 2.24) is 10.2 Å². The van der Waals surface area contributed by atoms with E-state index in [1.807, 2.05) is 0 Å². The van der Waals surface area contributed by atoms with Crippen molar-refractivity contribution in [2.24, 2.45) is 0 Å². The van der Waals surface area contributed by atoms with Gasteiger partial charge in [-0.3, -0.25) is 5.10 Å². The largest absolute Gasteiger partial charge is 0.258 e. The molecule has 5 heteroatoms. The van der Waals surface area contributed by atoms with Crippen LogP contribution in [-0.4, -0.2) is 26.5 Å². The van der Waals surface area contributed by atoms with Gasteiger partial charge in [0.1, 0.15) is 5.01 Å². The first-order valence-corrected chi connectivity index (χ1v) is 6.89. The lowest BCUT2D eigenvalue weighted by atomic mass is 10.3. The molecule has 4 heterocycles. The van der Waals surface area contributed by atoms with Crippen LogP contribution in [0.4, 0.5) is 0 Å². The molecule has 0 aliphatic carbocycles. The molecule has 3 fully saturated rings. The summed E-state index contributed by atoms with van der Waals surface area (Å²) in [7, 11) is 0.0178. The second kappa shape index (κ2) is 1.34. The van der Waals surface area contributed by atoms with E-state index in [9.17, 15) is 0 Å². The van der Waals surface area contributed by atoms with Gasteiger partial charge in [-0.05, 0) is 18.0 Å². The average molecular weight is 202 g/mol. The molecule has 2 nitrogen and oxygen atoms in total. The fraction of sp³-hybridized carbons (Fsp3) is 0.667. The maximum Gasteiger partial charge on any atom is 0.176 e. The van der Waals surface area contributed by atoms with Gasteiger partial charge < -0.3 is 0 Å². The minimum Gasteiger partial charge on any atom is -0.258 e. The van der Waals surface area contributed by atoms with E-state index < -0.39 is 0 Å². The summed E-state index contributed by atoms with van der Waals surface area (Å²) in [6.07, 6.45) is 0. The zero-order valence-corrected chi connectivity index (χ0v) is 8.06. The Bertz CT molecular complexity index is 408. The molecule has 3 saturated heterocycles. The SMILES string of the molecule is S=c1[nH]nc(C2C3C4CS423)s1. The third-order valence-corrected chi connectivity index (χ3v) is 8.95. The molecule has 0 radical (unpaired) electrons. The molecule has 3 aliphatic heterocycles. The molecule has 4 atom stereocenters. The van der Waals surface area contributed by atoms with Crippen LogP contribution in [0.1, 0.15) is 10.3 Å². The van der Waals surface area contributed by atoms with E-state index in [1.165, 1.54) is 10.3 Å². The monoisotopic (exact) mass is 202 g/mol. The molecular weight excluding hydrogens is 196 g/mol. The first-order valence-electron chi connectivity index (χ1n) is 3.67. The highest BCUT2D eigenvalue weighted by atomic mass is 32.3. The van der Waals surface area contributed by atoms with Gasteiger partial charge in [-0.2, -0.15) is 5.10 Å². The molecule has 1 spiro atoms. The fourth-order valence-corrected chi connectivity index (χ4v) is 8.83. The predicted octanol–water partition coefficient (Wildman–Crippen LogP) is 1.82. The third-order valence-electron chi connectivity index (χ3n) is 3.09. The Morgan fingerprint density at radius 2 is 2.55 bits per heavy atom. The maximum absolute atomic E-state index is 4.99. The highest BCUT2D eigenvalue weighted by molar-refractivity contribution is 8.53. The number of aromatic nitrogens is 2. The van der Waals surface area contributed by atoms with Gasteiger partial charge >= 0.3 is 0 Å². The van der Waals surface area contributed by atoms with Gasteiger partial charge in [0, 0.05) is 10.5 Å². The van der Waals surface area contributed by atoms with Crippen molar-refractivity contribution in [3.63, 3.8) is 0 Å². The van der Waals surface area contributed by atoms with Gasteiger partial charge in [0.2, 0.25) is 0 Å². The Kier molecular flexibility index (Phi) is 0.695. The molecule has 4 unspecified atom stereocenters. The molecule has 4 rings (SSSR count). The standard InChI is InChI=1S/C6H6N2S3/c9-6-8-7-5(10-6)4-3-2-1-11(2,3)4/h2-4H,1H2,(H,8,9). The highest BCUT2D eigenvalue weighted by Crippen LogP contribution is 3.14. The summed E-state index contributed by atoms with van der Waals surface area (Å²) in [5.41, 5.74) is 0. The van der Waals surface area contributed by atoms with E-state index in [-0.39, 0.29) is 10.0 Å². The Labute approximate surface area is 74.3 Å². The van der Waals surface area contributed by atoms with E-state index in [2.05, 4.69) is 10.2 Å².